The summed E-state index contributed by atoms with van der Waals surface area (Å²) in [6.45, 7) is 3.81. The molecule has 4 fully saturated rings. The minimum absolute atomic E-state index is 0.729. The molecule has 12 heavy (non-hydrogen) atoms. The van der Waals surface area contributed by atoms with Crippen LogP contribution in [0.4, 0.5) is 0 Å². The zero-order chi connectivity index (χ0) is 8.23. The fraction of sp³-hybridized carbons (Fsp3) is 1.00. The molecule has 2 bridgehead atoms. The van der Waals surface area contributed by atoms with Crippen molar-refractivity contribution in [3.8, 4) is 0 Å². The average molecular weight is 162 g/mol. The highest BCUT2D eigenvalue weighted by Gasteiger charge is 2.53. The van der Waals surface area contributed by atoms with Crippen LogP contribution in [0, 0.1) is 11.3 Å². The van der Waals surface area contributed by atoms with Crippen molar-refractivity contribution < 1.29 is 4.39 Å². The zero-order valence-corrected chi connectivity index (χ0v) is 7.76. The smallest absolute Gasteiger partial charge is 0.396 e. The largest absolute Gasteiger partial charge is 0.481 e. The van der Waals surface area contributed by atoms with Gasteiger partial charge < -0.3 is 4.39 Å². The molecule has 0 aromatic heterocycles. The van der Waals surface area contributed by atoms with Gasteiger partial charge in [0, 0.05) is 5.41 Å². The fourth-order valence-electron chi connectivity index (χ4n) is 3.38. The monoisotopic (exact) mass is 162 g/mol. The van der Waals surface area contributed by atoms with Crippen LogP contribution in [0.2, 0.25) is 0 Å². The molecule has 0 N–H and O–H groups in total. The van der Waals surface area contributed by atoms with Crippen LogP contribution in [0.15, 0.2) is 0 Å². The first-order chi connectivity index (χ1) is 5.70. The maximum absolute atomic E-state index is 6.35. The van der Waals surface area contributed by atoms with E-state index in [-0.39, 0.29) is 0 Å². The first-order valence-corrected chi connectivity index (χ1v) is 5.35. The molecule has 2 radical (unpaired) electrons. The number of fused-ring (bicyclic) bond motifs is 2. The van der Waals surface area contributed by atoms with Gasteiger partial charge in [-0.1, -0.05) is 0 Å². The van der Waals surface area contributed by atoms with Crippen LogP contribution in [0.1, 0.15) is 32.1 Å². The second-order valence-electron chi connectivity index (χ2n) is 5.47. The van der Waals surface area contributed by atoms with Crippen molar-refractivity contribution in [2.24, 2.45) is 11.3 Å². The molecule has 3 aliphatic heterocycles. The lowest BCUT2D eigenvalue weighted by molar-refractivity contribution is -0.825. The highest BCUT2D eigenvalue weighted by atomic mass is 15.3. The van der Waals surface area contributed by atoms with Gasteiger partial charge in [0.2, 0.25) is 0 Å². The molecule has 0 aromatic carbocycles. The maximum Gasteiger partial charge on any atom is 0.481 e. The number of quaternary nitrogens is 1. The average Bonchev–Trinajstić information content (AvgIpc) is 2.79. The first-order valence-electron chi connectivity index (χ1n) is 5.35. The van der Waals surface area contributed by atoms with E-state index in [0.717, 1.165) is 15.7 Å². The SMILES string of the molecule is [B][N+]12CCC(CC1)CC1(CC1)C2. The Kier molecular flexibility index (Phi) is 1.29. The van der Waals surface area contributed by atoms with Crippen LogP contribution in [0.3, 0.4) is 0 Å². The van der Waals surface area contributed by atoms with Gasteiger partial charge in [0.25, 0.3) is 0 Å². The molecule has 3 heterocycles. The van der Waals surface area contributed by atoms with E-state index in [1.54, 1.807) is 0 Å². The van der Waals surface area contributed by atoms with Crippen LogP contribution in [-0.4, -0.2) is 32.0 Å². The molecule has 2 heteroatoms. The van der Waals surface area contributed by atoms with Crippen LogP contribution >= 0.6 is 0 Å². The molecule has 4 aliphatic rings. The summed E-state index contributed by atoms with van der Waals surface area (Å²) in [5, 5.41) is 0. The molecule has 1 aliphatic carbocycles. The number of nitrogens with zero attached hydrogens (tertiary/aromatic N) is 1. The normalized spacial score (nSPS) is 49.2. The summed E-state index contributed by atoms with van der Waals surface area (Å²) < 4.78 is 0.913. The lowest BCUT2D eigenvalue weighted by Crippen LogP contribution is -2.50. The minimum atomic E-state index is 0.729. The summed E-state index contributed by atoms with van der Waals surface area (Å²) in [4.78, 5) is 0. The third-order valence-corrected chi connectivity index (χ3v) is 4.29. The second-order valence-corrected chi connectivity index (χ2v) is 5.47. The summed E-state index contributed by atoms with van der Waals surface area (Å²) in [5.74, 6) is 1.03. The Morgan fingerprint density at radius 3 is 2.42 bits per heavy atom. The van der Waals surface area contributed by atoms with E-state index in [2.05, 4.69) is 0 Å². The molecule has 0 unspecified atom stereocenters. The van der Waals surface area contributed by atoms with Crippen molar-refractivity contribution in [1.82, 2.24) is 0 Å². The predicted molar refractivity (Wildman–Crippen MR) is 49.6 cm³/mol. The van der Waals surface area contributed by atoms with E-state index in [9.17, 15) is 0 Å². The van der Waals surface area contributed by atoms with Crippen molar-refractivity contribution in [2.45, 2.75) is 32.1 Å². The van der Waals surface area contributed by atoms with Gasteiger partial charge in [-0.15, -0.1) is 0 Å². The van der Waals surface area contributed by atoms with Gasteiger partial charge in [0.1, 0.15) is 0 Å². The van der Waals surface area contributed by atoms with Crippen molar-refractivity contribution in [3.63, 3.8) is 0 Å². The minimum Gasteiger partial charge on any atom is -0.396 e. The second kappa shape index (κ2) is 2.09. The Bertz CT molecular complexity index is 202. The number of hydrogen-bond donors (Lipinski definition) is 0. The number of hydrogen-bond acceptors (Lipinski definition) is 0. The molecule has 1 spiro atoms. The molecule has 3 saturated heterocycles. The molecule has 64 valence electrons. The third kappa shape index (κ3) is 1.04. The van der Waals surface area contributed by atoms with Gasteiger partial charge >= 0.3 is 7.98 Å². The van der Waals surface area contributed by atoms with Gasteiger partial charge in [-0.3, -0.25) is 0 Å². The molecule has 1 nitrogen and oxygen atoms in total. The van der Waals surface area contributed by atoms with Gasteiger partial charge in [-0.05, 0) is 38.0 Å². The summed E-state index contributed by atoms with van der Waals surface area (Å²) in [6.07, 6.45) is 7.25. The molecule has 1 saturated carbocycles. The Morgan fingerprint density at radius 2 is 1.83 bits per heavy atom. The predicted octanol–water partition coefficient (Wildman–Crippen LogP) is 1.48. The van der Waals surface area contributed by atoms with E-state index in [4.69, 9.17) is 7.98 Å². The van der Waals surface area contributed by atoms with E-state index in [1.165, 1.54) is 51.7 Å². The van der Waals surface area contributed by atoms with Gasteiger partial charge in [-0.25, -0.2) is 0 Å². The Balaban J connectivity index is 1.90. The Morgan fingerprint density at radius 1 is 1.17 bits per heavy atom. The summed E-state index contributed by atoms with van der Waals surface area (Å²) >= 11 is 0. The standard InChI is InChI=1S/C10H17BN/c11-12-5-1-9(2-6-12)7-10(8-12)3-4-10/h9H,1-8H2/q+1. The Labute approximate surface area is 76.2 Å². The molecular weight excluding hydrogens is 145 g/mol. The van der Waals surface area contributed by atoms with Gasteiger partial charge in [-0.2, -0.15) is 0 Å². The zero-order valence-electron chi connectivity index (χ0n) is 7.76. The maximum atomic E-state index is 6.35. The fourth-order valence-corrected chi connectivity index (χ4v) is 3.38. The topological polar surface area (TPSA) is 0 Å². The van der Waals surface area contributed by atoms with Gasteiger partial charge in [0.05, 0.1) is 19.6 Å². The van der Waals surface area contributed by atoms with E-state index in [1.807, 2.05) is 0 Å². The lowest BCUT2D eigenvalue weighted by Gasteiger charge is -2.39. The molecule has 0 aromatic rings. The summed E-state index contributed by atoms with van der Waals surface area (Å²) in [6, 6.07) is 0. The van der Waals surface area contributed by atoms with Gasteiger partial charge in [0.15, 0.2) is 0 Å². The molecule has 0 amide bonds. The molecular formula is C10H17BN+. The van der Waals surface area contributed by atoms with Crippen molar-refractivity contribution in [2.75, 3.05) is 19.6 Å². The summed E-state index contributed by atoms with van der Waals surface area (Å²) in [7, 11) is 6.35. The van der Waals surface area contributed by atoms with Crippen LogP contribution in [0.25, 0.3) is 0 Å². The highest BCUT2D eigenvalue weighted by molar-refractivity contribution is 5.97. The molecule has 0 atom stereocenters. The first kappa shape index (κ1) is 7.43. The van der Waals surface area contributed by atoms with E-state index in [0.29, 0.717) is 0 Å². The number of piperidine rings is 1. The van der Waals surface area contributed by atoms with E-state index >= 15 is 0 Å². The molecule has 4 rings (SSSR count). The van der Waals surface area contributed by atoms with Crippen LogP contribution in [0.5, 0.6) is 0 Å². The lowest BCUT2D eigenvalue weighted by atomic mass is 9.89. The van der Waals surface area contributed by atoms with E-state index < -0.39 is 0 Å². The van der Waals surface area contributed by atoms with Crippen molar-refractivity contribution in [1.29, 1.82) is 0 Å². The Hall–Kier alpha value is 0.0249. The third-order valence-electron chi connectivity index (χ3n) is 4.29. The van der Waals surface area contributed by atoms with Crippen molar-refractivity contribution in [3.05, 3.63) is 0 Å². The number of rotatable bonds is 0. The highest BCUT2D eigenvalue weighted by Crippen LogP contribution is 2.56. The summed E-state index contributed by atoms with van der Waals surface area (Å²) in [5.41, 5.74) is 0.729. The van der Waals surface area contributed by atoms with Crippen LogP contribution in [-0.2, 0) is 0 Å². The quantitative estimate of drug-likeness (QED) is 0.473. The van der Waals surface area contributed by atoms with Crippen molar-refractivity contribution >= 4 is 7.98 Å². The van der Waals surface area contributed by atoms with Crippen LogP contribution < -0.4 is 0 Å².